The summed E-state index contributed by atoms with van der Waals surface area (Å²) in [5, 5.41) is 13.2. The van der Waals surface area contributed by atoms with E-state index in [1.807, 2.05) is 42.5 Å². The normalized spacial score (nSPS) is 12.2. The molecule has 21 heavy (non-hydrogen) atoms. The van der Waals surface area contributed by atoms with Crippen LogP contribution in [0.15, 0.2) is 42.5 Å². The second-order valence-electron chi connectivity index (χ2n) is 4.84. The molecule has 1 unspecified atom stereocenters. The molecule has 2 aromatic rings. The summed E-state index contributed by atoms with van der Waals surface area (Å²) in [4.78, 5) is 0. The van der Waals surface area contributed by atoms with E-state index in [0.29, 0.717) is 16.5 Å². The molecule has 2 rings (SSSR count). The SMILES string of the molecule is CCNC(C)c1ccc(Oc2ccccc2CO)c(Cl)c1. The van der Waals surface area contributed by atoms with Gasteiger partial charge < -0.3 is 15.2 Å². The summed E-state index contributed by atoms with van der Waals surface area (Å²) >= 11 is 6.30. The number of ether oxygens (including phenoxy) is 1. The third kappa shape index (κ3) is 3.97. The van der Waals surface area contributed by atoms with E-state index in [2.05, 4.69) is 19.2 Å². The van der Waals surface area contributed by atoms with Gasteiger partial charge in [0.1, 0.15) is 11.5 Å². The Morgan fingerprint density at radius 2 is 1.95 bits per heavy atom. The van der Waals surface area contributed by atoms with Gasteiger partial charge in [0.25, 0.3) is 0 Å². The third-order valence-electron chi connectivity index (χ3n) is 3.33. The van der Waals surface area contributed by atoms with E-state index in [-0.39, 0.29) is 12.6 Å². The van der Waals surface area contributed by atoms with Crippen LogP contribution in [0.25, 0.3) is 0 Å². The molecule has 0 aliphatic rings. The van der Waals surface area contributed by atoms with Crippen LogP contribution >= 0.6 is 11.6 Å². The van der Waals surface area contributed by atoms with Gasteiger partial charge in [-0.2, -0.15) is 0 Å². The number of hydrogen-bond donors (Lipinski definition) is 2. The van der Waals surface area contributed by atoms with Crippen LogP contribution in [0.5, 0.6) is 11.5 Å². The molecule has 0 spiro atoms. The van der Waals surface area contributed by atoms with Crippen molar-refractivity contribution in [2.75, 3.05) is 6.54 Å². The Morgan fingerprint density at radius 1 is 1.19 bits per heavy atom. The Bertz CT molecular complexity index is 601. The molecule has 0 heterocycles. The Balaban J connectivity index is 2.21. The zero-order chi connectivity index (χ0) is 15.2. The molecule has 0 aliphatic heterocycles. The molecular formula is C17H20ClNO2. The number of halogens is 1. The second kappa shape index (κ2) is 7.46. The third-order valence-corrected chi connectivity index (χ3v) is 3.62. The summed E-state index contributed by atoms with van der Waals surface area (Å²) in [6.07, 6.45) is 0. The first kappa shape index (κ1) is 15.8. The van der Waals surface area contributed by atoms with Crippen molar-refractivity contribution in [2.45, 2.75) is 26.5 Å². The van der Waals surface area contributed by atoms with Crippen LogP contribution in [0.1, 0.15) is 31.0 Å². The molecule has 0 amide bonds. The molecule has 1 atom stereocenters. The molecule has 112 valence electrons. The number of aliphatic hydroxyl groups is 1. The summed E-state index contributed by atoms with van der Waals surface area (Å²) in [7, 11) is 0. The molecule has 0 bridgehead atoms. The smallest absolute Gasteiger partial charge is 0.146 e. The minimum atomic E-state index is -0.0661. The zero-order valence-corrected chi connectivity index (χ0v) is 13.0. The van der Waals surface area contributed by atoms with Crippen molar-refractivity contribution in [1.82, 2.24) is 5.32 Å². The highest BCUT2D eigenvalue weighted by molar-refractivity contribution is 6.32. The molecule has 4 heteroatoms. The van der Waals surface area contributed by atoms with Crippen molar-refractivity contribution in [3.8, 4) is 11.5 Å². The Morgan fingerprint density at radius 3 is 2.62 bits per heavy atom. The number of aliphatic hydroxyl groups excluding tert-OH is 1. The lowest BCUT2D eigenvalue weighted by atomic mass is 10.1. The van der Waals surface area contributed by atoms with Crippen LogP contribution in [0.3, 0.4) is 0 Å². The van der Waals surface area contributed by atoms with Gasteiger partial charge in [0.2, 0.25) is 0 Å². The van der Waals surface area contributed by atoms with Gasteiger partial charge in [-0.1, -0.05) is 42.8 Å². The average molecular weight is 306 g/mol. The van der Waals surface area contributed by atoms with Gasteiger partial charge in [-0.15, -0.1) is 0 Å². The topological polar surface area (TPSA) is 41.5 Å². The maximum Gasteiger partial charge on any atom is 0.146 e. The van der Waals surface area contributed by atoms with Gasteiger partial charge in [-0.3, -0.25) is 0 Å². The van der Waals surface area contributed by atoms with Crippen molar-refractivity contribution in [3.05, 3.63) is 58.6 Å². The predicted octanol–water partition coefficient (Wildman–Crippen LogP) is 4.30. The van der Waals surface area contributed by atoms with Crippen LogP contribution < -0.4 is 10.1 Å². The summed E-state index contributed by atoms with van der Waals surface area (Å²) in [5.41, 5.74) is 1.85. The van der Waals surface area contributed by atoms with E-state index in [9.17, 15) is 5.11 Å². The summed E-state index contributed by atoms with van der Waals surface area (Å²) in [6.45, 7) is 5.00. The van der Waals surface area contributed by atoms with Crippen LogP contribution in [-0.4, -0.2) is 11.7 Å². The van der Waals surface area contributed by atoms with Crippen LogP contribution in [-0.2, 0) is 6.61 Å². The highest BCUT2D eigenvalue weighted by Crippen LogP contribution is 2.33. The first-order valence-corrected chi connectivity index (χ1v) is 7.43. The van der Waals surface area contributed by atoms with Crippen molar-refractivity contribution in [2.24, 2.45) is 0 Å². The molecule has 0 aliphatic carbocycles. The quantitative estimate of drug-likeness (QED) is 0.836. The average Bonchev–Trinajstić information content (AvgIpc) is 2.50. The summed E-state index contributed by atoms with van der Waals surface area (Å²) in [5.74, 6) is 1.21. The Hall–Kier alpha value is -1.55. The molecule has 2 N–H and O–H groups in total. The van der Waals surface area contributed by atoms with Gasteiger partial charge in [-0.25, -0.2) is 0 Å². The van der Waals surface area contributed by atoms with E-state index in [4.69, 9.17) is 16.3 Å². The standard InChI is InChI=1S/C17H20ClNO2/c1-3-19-12(2)13-8-9-17(15(18)10-13)21-16-7-5-4-6-14(16)11-20/h4-10,12,19-20H,3,11H2,1-2H3. The van der Waals surface area contributed by atoms with Crippen LogP contribution in [0.2, 0.25) is 5.02 Å². The summed E-state index contributed by atoms with van der Waals surface area (Å²) in [6, 6.07) is 13.4. The van der Waals surface area contributed by atoms with E-state index < -0.39 is 0 Å². The molecule has 0 fully saturated rings. The van der Waals surface area contributed by atoms with E-state index in [0.717, 1.165) is 17.7 Å². The highest BCUT2D eigenvalue weighted by Gasteiger charge is 2.10. The fourth-order valence-electron chi connectivity index (χ4n) is 2.15. The molecule has 0 saturated heterocycles. The lowest BCUT2D eigenvalue weighted by Crippen LogP contribution is -2.17. The van der Waals surface area contributed by atoms with E-state index >= 15 is 0 Å². The van der Waals surface area contributed by atoms with Gasteiger partial charge in [0.15, 0.2) is 0 Å². The van der Waals surface area contributed by atoms with Gasteiger partial charge >= 0.3 is 0 Å². The Labute approximate surface area is 130 Å². The molecule has 0 radical (unpaired) electrons. The first-order chi connectivity index (χ1) is 10.2. The largest absolute Gasteiger partial charge is 0.455 e. The van der Waals surface area contributed by atoms with Gasteiger partial charge in [0, 0.05) is 11.6 Å². The predicted molar refractivity (Wildman–Crippen MR) is 86.0 cm³/mol. The van der Waals surface area contributed by atoms with Crippen LogP contribution in [0, 0.1) is 0 Å². The van der Waals surface area contributed by atoms with Crippen molar-refractivity contribution < 1.29 is 9.84 Å². The van der Waals surface area contributed by atoms with Crippen molar-refractivity contribution >= 4 is 11.6 Å². The lowest BCUT2D eigenvalue weighted by molar-refractivity contribution is 0.276. The Kier molecular flexibility index (Phi) is 5.62. The number of para-hydroxylation sites is 1. The fourth-order valence-corrected chi connectivity index (χ4v) is 2.37. The number of rotatable bonds is 6. The summed E-state index contributed by atoms with van der Waals surface area (Å²) < 4.78 is 5.81. The molecule has 2 aromatic carbocycles. The number of nitrogens with one attached hydrogen (secondary N) is 1. The van der Waals surface area contributed by atoms with Gasteiger partial charge in [-0.05, 0) is 37.2 Å². The number of hydrogen-bond acceptors (Lipinski definition) is 3. The highest BCUT2D eigenvalue weighted by atomic mass is 35.5. The fraction of sp³-hybridized carbons (Fsp3) is 0.294. The minimum absolute atomic E-state index is 0.0661. The molecule has 3 nitrogen and oxygen atoms in total. The maximum absolute atomic E-state index is 9.32. The van der Waals surface area contributed by atoms with Gasteiger partial charge in [0.05, 0.1) is 11.6 Å². The molecule has 0 aromatic heterocycles. The van der Waals surface area contributed by atoms with E-state index in [1.165, 1.54) is 0 Å². The monoisotopic (exact) mass is 305 g/mol. The lowest BCUT2D eigenvalue weighted by Gasteiger charge is -2.15. The van der Waals surface area contributed by atoms with Crippen molar-refractivity contribution in [3.63, 3.8) is 0 Å². The number of benzene rings is 2. The van der Waals surface area contributed by atoms with E-state index in [1.54, 1.807) is 0 Å². The molecular weight excluding hydrogens is 286 g/mol. The maximum atomic E-state index is 9.32. The first-order valence-electron chi connectivity index (χ1n) is 7.05. The minimum Gasteiger partial charge on any atom is -0.455 e. The molecule has 0 saturated carbocycles. The second-order valence-corrected chi connectivity index (χ2v) is 5.24. The van der Waals surface area contributed by atoms with Crippen LogP contribution in [0.4, 0.5) is 0 Å². The zero-order valence-electron chi connectivity index (χ0n) is 12.3. The van der Waals surface area contributed by atoms with Crippen molar-refractivity contribution in [1.29, 1.82) is 0 Å².